The van der Waals surface area contributed by atoms with Crippen molar-refractivity contribution in [3.63, 3.8) is 0 Å². The summed E-state index contributed by atoms with van der Waals surface area (Å²) in [5, 5.41) is 0. The lowest BCUT2D eigenvalue weighted by atomic mass is 10.3. The van der Waals surface area contributed by atoms with Crippen LogP contribution < -0.4 is 10.5 Å². The van der Waals surface area contributed by atoms with Gasteiger partial charge in [0.05, 0.1) is 11.1 Å². The van der Waals surface area contributed by atoms with Crippen molar-refractivity contribution >= 4 is 21.6 Å². The minimum Gasteiger partial charge on any atom is -0.489 e. The Morgan fingerprint density at radius 3 is 2.73 bits per heavy atom. The second-order valence-electron chi connectivity index (χ2n) is 3.01. The van der Waals surface area contributed by atoms with Crippen molar-refractivity contribution < 1.29 is 13.9 Å². The van der Waals surface area contributed by atoms with Gasteiger partial charge in [-0.15, -0.1) is 0 Å². The van der Waals surface area contributed by atoms with Crippen molar-refractivity contribution in [2.75, 3.05) is 26.1 Å². The summed E-state index contributed by atoms with van der Waals surface area (Å²) in [4.78, 5) is 0. The summed E-state index contributed by atoms with van der Waals surface area (Å²) in [6.45, 7) is 1.00. The van der Waals surface area contributed by atoms with Gasteiger partial charge < -0.3 is 15.2 Å². The highest BCUT2D eigenvalue weighted by Crippen LogP contribution is 2.30. The Morgan fingerprint density at radius 1 is 1.40 bits per heavy atom. The fraction of sp³-hybridized carbons (Fsp3) is 0.400. The lowest BCUT2D eigenvalue weighted by molar-refractivity contribution is 0.170. The van der Waals surface area contributed by atoms with Crippen LogP contribution in [0.25, 0.3) is 0 Å². The molecule has 2 N–H and O–H groups in total. The Kier molecular flexibility index (Phi) is 4.84. The largest absolute Gasteiger partial charge is 0.489 e. The minimum atomic E-state index is -0.459. The Labute approximate surface area is 96.5 Å². The minimum absolute atomic E-state index is 0.195. The molecule has 1 aromatic rings. The molecule has 0 aliphatic heterocycles. The van der Waals surface area contributed by atoms with Crippen molar-refractivity contribution in [1.29, 1.82) is 0 Å². The Hall–Kier alpha value is -0.810. The number of methoxy groups -OCH3 is 1. The summed E-state index contributed by atoms with van der Waals surface area (Å²) >= 11 is 3.19. The zero-order chi connectivity index (χ0) is 11.3. The molecule has 0 aliphatic carbocycles. The molecule has 84 valence electrons. The maximum Gasteiger partial charge on any atom is 0.169 e. The van der Waals surface area contributed by atoms with E-state index in [-0.39, 0.29) is 5.75 Å². The van der Waals surface area contributed by atoms with Gasteiger partial charge in [0, 0.05) is 31.9 Å². The van der Waals surface area contributed by atoms with E-state index in [1.807, 2.05) is 0 Å². The Bertz CT molecular complexity index is 310. The first-order valence-corrected chi connectivity index (χ1v) is 5.30. The van der Waals surface area contributed by atoms with E-state index in [0.717, 1.165) is 0 Å². The highest BCUT2D eigenvalue weighted by Gasteiger charge is 2.09. The molecule has 5 heteroatoms. The second-order valence-corrected chi connectivity index (χ2v) is 3.86. The van der Waals surface area contributed by atoms with Crippen LogP contribution in [0.4, 0.5) is 10.1 Å². The van der Waals surface area contributed by atoms with Gasteiger partial charge in [-0.3, -0.25) is 0 Å². The number of rotatable bonds is 5. The second kappa shape index (κ2) is 5.92. The van der Waals surface area contributed by atoms with E-state index in [1.165, 1.54) is 6.07 Å². The normalized spacial score (nSPS) is 10.3. The van der Waals surface area contributed by atoms with Crippen LogP contribution in [-0.2, 0) is 4.74 Å². The molecule has 15 heavy (non-hydrogen) atoms. The van der Waals surface area contributed by atoms with E-state index < -0.39 is 5.82 Å². The van der Waals surface area contributed by atoms with Crippen LogP contribution in [0.1, 0.15) is 6.42 Å². The zero-order valence-electron chi connectivity index (χ0n) is 8.43. The summed E-state index contributed by atoms with van der Waals surface area (Å²) in [6.07, 6.45) is 0.715. The van der Waals surface area contributed by atoms with Crippen LogP contribution in [0.15, 0.2) is 16.6 Å². The molecule has 0 fully saturated rings. The van der Waals surface area contributed by atoms with Gasteiger partial charge in [-0.2, -0.15) is 0 Å². The average molecular weight is 278 g/mol. The molecule has 1 rings (SSSR count). The van der Waals surface area contributed by atoms with Gasteiger partial charge in [-0.1, -0.05) is 0 Å². The van der Waals surface area contributed by atoms with Crippen LogP contribution >= 0.6 is 15.9 Å². The molecule has 3 nitrogen and oxygen atoms in total. The molecule has 0 atom stereocenters. The monoisotopic (exact) mass is 277 g/mol. The van der Waals surface area contributed by atoms with Crippen molar-refractivity contribution in [2.45, 2.75) is 6.42 Å². The molecule has 0 unspecified atom stereocenters. The summed E-state index contributed by atoms with van der Waals surface area (Å²) in [5.74, 6) is -0.264. The SMILES string of the molecule is COCCCOc1c(F)cc(N)cc1Br. The average Bonchev–Trinajstić information content (AvgIpc) is 2.15. The number of ether oxygens (including phenoxy) is 2. The first kappa shape index (κ1) is 12.3. The third-order valence-corrected chi connectivity index (χ3v) is 2.35. The summed E-state index contributed by atoms with van der Waals surface area (Å²) < 4.78 is 24.0. The van der Waals surface area contributed by atoms with Crippen molar-refractivity contribution in [3.8, 4) is 5.75 Å². The van der Waals surface area contributed by atoms with Gasteiger partial charge in [-0.05, 0) is 22.0 Å². The van der Waals surface area contributed by atoms with Crippen LogP contribution in [0.5, 0.6) is 5.75 Å². The van der Waals surface area contributed by atoms with Crippen molar-refractivity contribution in [3.05, 3.63) is 22.4 Å². The lowest BCUT2D eigenvalue weighted by Crippen LogP contribution is -2.03. The number of nitrogen functional groups attached to an aromatic ring is 1. The van der Waals surface area contributed by atoms with Gasteiger partial charge in [0.15, 0.2) is 11.6 Å². The van der Waals surface area contributed by atoms with Gasteiger partial charge in [0.25, 0.3) is 0 Å². The molecule has 0 spiro atoms. The molecule has 0 saturated heterocycles. The van der Waals surface area contributed by atoms with E-state index in [1.54, 1.807) is 13.2 Å². The van der Waals surface area contributed by atoms with Gasteiger partial charge >= 0.3 is 0 Å². The highest BCUT2D eigenvalue weighted by atomic mass is 79.9. The van der Waals surface area contributed by atoms with Gasteiger partial charge in [-0.25, -0.2) is 4.39 Å². The molecule has 0 saturated carbocycles. The van der Waals surface area contributed by atoms with Crippen molar-refractivity contribution in [1.82, 2.24) is 0 Å². The number of hydrogen-bond donors (Lipinski definition) is 1. The highest BCUT2D eigenvalue weighted by molar-refractivity contribution is 9.10. The molecular weight excluding hydrogens is 265 g/mol. The zero-order valence-corrected chi connectivity index (χ0v) is 10.0. The summed E-state index contributed by atoms with van der Waals surface area (Å²) in [5.41, 5.74) is 5.82. The molecule has 0 bridgehead atoms. The Morgan fingerprint density at radius 2 is 2.13 bits per heavy atom. The maximum absolute atomic E-state index is 13.4. The topological polar surface area (TPSA) is 44.5 Å². The number of hydrogen-bond acceptors (Lipinski definition) is 3. The van der Waals surface area contributed by atoms with Gasteiger partial charge in [0.1, 0.15) is 0 Å². The number of halogens is 2. The van der Waals surface area contributed by atoms with E-state index in [0.29, 0.717) is 29.8 Å². The predicted molar refractivity (Wildman–Crippen MR) is 60.5 cm³/mol. The Balaban J connectivity index is 2.60. The van der Waals surface area contributed by atoms with Crippen LogP contribution in [0.2, 0.25) is 0 Å². The molecule has 0 aliphatic rings. The third kappa shape index (κ3) is 3.68. The molecule has 0 radical (unpaired) electrons. The van der Waals surface area contributed by atoms with Gasteiger partial charge in [0.2, 0.25) is 0 Å². The van der Waals surface area contributed by atoms with Crippen LogP contribution in [-0.4, -0.2) is 20.3 Å². The fourth-order valence-electron chi connectivity index (χ4n) is 1.09. The van der Waals surface area contributed by atoms with E-state index in [4.69, 9.17) is 15.2 Å². The first-order valence-electron chi connectivity index (χ1n) is 4.51. The summed E-state index contributed by atoms with van der Waals surface area (Å²) in [7, 11) is 1.61. The molecule has 0 heterocycles. The first-order chi connectivity index (χ1) is 7.15. The predicted octanol–water partition coefficient (Wildman–Crippen LogP) is 2.59. The number of nitrogens with two attached hydrogens (primary N) is 1. The van der Waals surface area contributed by atoms with Crippen LogP contribution in [0.3, 0.4) is 0 Å². The van der Waals surface area contributed by atoms with Crippen molar-refractivity contribution in [2.24, 2.45) is 0 Å². The van der Waals surface area contributed by atoms with E-state index in [9.17, 15) is 4.39 Å². The standard InChI is InChI=1S/C10H13BrFNO2/c1-14-3-2-4-15-10-8(11)5-7(13)6-9(10)12/h5-6H,2-4,13H2,1H3. The third-order valence-electron chi connectivity index (χ3n) is 1.76. The smallest absolute Gasteiger partial charge is 0.169 e. The molecule has 1 aromatic carbocycles. The quantitative estimate of drug-likeness (QED) is 0.665. The summed E-state index contributed by atoms with van der Waals surface area (Å²) in [6, 6.07) is 2.84. The number of benzene rings is 1. The van der Waals surface area contributed by atoms with E-state index in [2.05, 4.69) is 15.9 Å². The number of anilines is 1. The van der Waals surface area contributed by atoms with E-state index >= 15 is 0 Å². The maximum atomic E-state index is 13.4. The molecule has 0 amide bonds. The fourth-order valence-corrected chi connectivity index (χ4v) is 1.66. The van der Waals surface area contributed by atoms with Crippen LogP contribution in [0, 0.1) is 5.82 Å². The molecular formula is C10H13BrFNO2. The molecule has 0 aromatic heterocycles. The lowest BCUT2D eigenvalue weighted by Gasteiger charge is -2.09.